The van der Waals surface area contributed by atoms with E-state index in [2.05, 4.69) is 19.2 Å². The van der Waals surface area contributed by atoms with Crippen molar-refractivity contribution in [2.75, 3.05) is 13.6 Å². The zero-order valence-electron chi connectivity index (χ0n) is 9.35. The van der Waals surface area contributed by atoms with E-state index in [1.807, 2.05) is 25.2 Å². The first kappa shape index (κ1) is 12.8. The molecule has 1 rings (SSSR count). The molecule has 0 aliphatic carbocycles. The standard InChI is InChI=1S/C12H17Cl2N/c1-8(7-15-3)9(2)11-6-10(13)4-5-12(11)14/h4-6,8-9,15H,7H2,1-3H3. The highest BCUT2D eigenvalue weighted by molar-refractivity contribution is 6.33. The van der Waals surface area contributed by atoms with Gasteiger partial charge in [0.15, 0.2) is 0 Å². The van der Waals surface area contributed by atoms with Crippen molar-refractivity contribution >= 4 is 23.2 Å². The fraction of sp³-hybridized carbons (Fsp3) is 0.500. The maximum Gasteiger partial charge on any atom is 0.0441 e. The molecule has 84 valence electrons. The summed E-state index contributed by atoms with van der Waals surface area (Å²) in [6, 6.07) is 5.64. The van der Waals surface area contributed by atoms with Gasteiger partial charge in [-0.3, -0.25) is 0 Å². The average molecular weight is 246 g/mol. The molecule has 1 N–H and O–H groups in total. The van der Waals surface area contributed by atoms with Crippen molar-refractivity contribution in [2.45, 2.75) is 19.8 Å². The number of hydrogen-bond acceptors (Lipinski definition) is 1. The van der Waals surface area contributed by atoms with Crippen molar-refractivity contribution in [3.63, 3.8) is 0 Å². The molecule has 1 aromatic rings. The predicted octanol–water partition coefficient (Wildman–Crippen LogP) is 3.95. The molecule has 1 aromatic carbocycles. The van der Waals surface area contributed by atoms with Crippen molar-refractivity contribution in [3.05, 3.63) is 33.8 Å². The number of halogens is 2. The van der Waals surface area contributed by atoms with Crippen LogP contribution in [0.2, 0.25) is 10.0 Å². The molecule has 2 unspecified atom stereocenters. The molecule has 0 amide bonds. The third kappa shape index (κ3) is 3.37. The summed E-state index contributed by atoms with van der Waals surface area (Å²) in [4.78, 5) is 0. The van der Waals surface area contributed by atoms with Crippen LogP contribution in [0.25, 0.3) is 0 Å². The van der Waals surface area contributed by atoms with Crippen LogP contribution in [0.1, 0.15) is 25.3 Å². The molecule has 0 aromatic heterocycles. The van der Waals surface area contributed by atoms with Crippen LogP contribution >= 0.6 is 23.2 Å². The van der Waals surface area contributed by atoms with Gasteiger partial charge in [0.05, 0.1) is 0 Å². The summed E-state index contributed by atoms with van der Waals surface area (Å²) < 4.78 is 0. The van der Waals surface area contributed by atoms with Crippen LogP contribution in [0.4, 0.5) is 0 Å². The SMILES string of the molecule is CNCC(C)C(C)c1cc(Cl)ccc1Cl. The van der Waals surface area contributed by atoms with Crippen molar-refractivity contribution in [1.29, 1.82) is 0 Å². The number of hydrogen-bond donors (Lipinski definition) is 1. The van der Waals surface area contributed by atoms with Crippen molar-refractivity contribution < 1.29 is 0 Å². The van der Waals surface area contributed by atoms with Gasteiger partial charge >= 0.3 is 0 Å². The number of nitrogens with one attached hydrogen (secondary N) is 1. The van der Waals surface area contributed by atoms with Crippen molar-refractivity contribution in [2.24, 2.45) is 5.92 Å². The molecule has 0 aliphatic heterocycles. The summed E-state index contributed by atoms with van der Waals surface area (Å²) in [5.74, 6) is 0.939. The summed E-state index contributed by atoms with van der Waals surface area (Å²) in [5, 5.41) is 4.72. The quantitative estimate of drug-likeness (QED) is 0.848. The van der Waals surface area contributed by atoms with E-state index in [0.29, 0.717) is 11.8 Å². The van der Waals surface area contributed by atoms with Crippen LogP contribution in [0.15, 0.2) is 18.2 Å². The Morgan fingerprint density at radius 2 is 1.93 bits per heavy atom. The lowest BCUT2D eigenvalue weighted by Crippen LogP contribution is -2.21. The Hall–Kier alpha value is -0.240. The average Bonchev–Trinajstić information content (AvgIpc) is 2.21. The second-order valence-corrected chi connectivity index (χ2v) is 4.83. The molecule has 15 heavy (non-hydrogen) atoms. The zero-order valence-corrected chi connectivity index (χ0v) is 10.9. The molecule has 3 heteroatoms. The minimum atomic E-state index is 0.406. The molecule has 1 nitrogen and oxygen atoms in total. The molecule has 0 aliphatic rings. The number of rotatable bonds is 4. The largest absolute Gasteiger partial charge is 0.319 e. The Labute approximate surface area is 102 Å². The van der Waals surface area contributed by atoms with Crippen LogP contribution in [0.3, 0.4) is 0 Å². The minimum Gasteiger partial charge on any atom is -0.319 e. The Kier molecular flexibility index (Phi) is 4.91. The smallest absolute Gasteiger partial charge is 0.0441 e. The maximum absolute atomic E-state index is 6.16. The monoisotopic (exact) mass is 245 g/mol. The van der Waals surface area contributed by atoms with E-state index < -0.39 is 0 Å². The molecule has 2 atom stereocenters. The highest BCUT2D eigenvalue weighted by Crippen LogP contribution is 2.31. The molecular weight excluding hydrogens is 229 g/mol. The van der Waals surface area contributed by atoms with Gasteiger partial charge in [0.25, 0.3) is 0 Å². The Balaban J connectivity index is 2.89. The van der Waals surface area contributed by atoms with E-state index in [4.69, 9.17) is 23.2 Å². The first-order valence-electron chi connectivity index (χ1n) is 5.15. The molecule has 0 saturated carbocycles. The fourth-order valence-electron chi connectivity index (χ4n) is 1.67. The molecule has 0 spiro atoms. The van der Waals surface area contributed by atoms with E-state index >= 15 is 0 Å². The first-order valence-corrected chi connectivity index (χ1v) is 5.91. The molecule has 0 heterocycles. The summed E-state index contributed by atoms with van der Waals surface area (Å²) in [6.07, 6.45) is 0. The molecule has 0 saturated heterocycles. The lowest BCUT2D eigenvalue weighted by molar-refractivity contribution is 0.466. The summed E-state index contributed by atoms with van der Waals surface area (Å²) >= 11 is 12.1. The minimum absolute atomic E-state index is 0.406. The Morgan fingerprint density at radius 1 is 1.27 bits per heavy atom. The van der Waals surface area contributed by atoms with E-state index in [1.165, 1.54) is 0 Å². The predicted molar refractivity (Wildman–Crippen MR) is 68.0 cm³/mol. The van der Waals surface area contributed by atoms with Crippen LogP contribution in [-0.4, -0.2) is 13.6 Å². The van der Waals surface area contributed by atoms with Gasteiger partial charge in [0, 0.05) is 10.0 Å². The van der Waals surface area contributed by atoms with Crippen molar-refractivity contribution in [3.8, 4) is 0 Å². The van der Waals surface area contributed by atoms with E-state index in [1.54, 1.807) is 0 Å². The van der Waals surface area contributed by atoms with Crippen LogP contribution < -0.4 is 5.32 Å². The lowest BCUT2D eigenvalue weighted by atomic mass is 9.89. The van der Waals surface area contributed by atoms with E-state index in [0.717, 1.165) is 22.2 Å². The molecule has 0 radical (unpaired) electrons. The fourth-order valence-corrected chi connectivity index (χ4v) is 2.14. The molecule has 0 fully saturated rings. The van der Waals surface area contributed by atoms with Gasteiger partial charge < -0.3 is 5.32 Å². The Bertz CT molecular complexity index is 325. The summed E-state index contributed by atoms with van der Waals surface area (Å²) in [5.41, 5.74) is 1.13. The summed E-state index contributed by atoms with van der Waals surface area (Å²) in [7, 11) is 1.96. The maximum atomic E-state index is 6.16. The Morgan fingerprint density at radius 3 is 2.53 bits per heavy atom. The van der Waals surface area contributed by atoms with Crippen LogP contribution in [-0.2, 0) is 0 Å². The number of benzene rings is 1. The first-order chi connectivity index (χ1) is 7.06. The highest BCUT2D eigenvalue weighted by Gasteiger charge is 2.16. The van der Waals surface area contributed by atoms with Gasteiger partial charge in [0.2, 0.25) is 0 Å². The van der Waals surface area contributed by atoms with Crippen LogP contribution in [0.5, 0.6) is 0 Å². The van der Waals surface area contributed by atoms with Gasteiger partial charge in [-0.1, -0.05) is 37.0 Å². The van der Waals surface area contributed by atoms with Gasteiger partial charge in [-0.05, 0) is 49.2 Å². The van der Waals surface area contributed by atoms with Gasteiger partial charge in [-0.25, -0.2) is 0 Å². The van der Waals surface area contributed by atoms with E-state index in [9.17, 15) is 0 Å². The third-order valence-electron chi connectivity index (χ3n) is 2.83. The lowest BCUT2D eigenvalue weighted by Gasteiger charge is -2.21. The van der Waals surface area contributed by atoms with Crippen molar-refractivity contribution in [1.82, 2.24) is 5.32 Å². The van der Waals surface area contributed by atoms with Gasteiger partial charge in [0.1, 0.15) is 0 Å². The second-order valence-electron chi connectivity index (χ2n) is 3.99. The molecule has 0 bridgehead atoms. The van der Waals surface area contributed by atoms with Gasteiger partial charge in [-0.15, -0.1) is 0 Å². The van der Waals surface area contributed by atoms with Crippen LogP contribution in [0, 0.1) is 5.92 Å². The topological polar surface area (TPSA) is 12.0 Å². The molecular formula is C12H17Cl2N. The third-order valence-corrected chi connectivity index (χ3v) is 3.41. The zero-order chi connectivity index (χ0) is 11.4. The van der Waals surface area contributed by atoms with Gasteiger partial charge in [-0.2, -0.15) is 0 Å². The van der Waals surface area contributed by atoms with E-state index in [-0.39, 0.29) is 0 Å². The summed E-state index contributed by atoms with van der Waals surface area (Å²) in [6.45, 7) is 5.36. The normalized spacial score (nSPS) is 15.0. The second kappa shape index (κ2) is 5.74. The highest BCUT2D eigenvalue weighted by atomic mass is 35.5.